The van der Waals surface area contributed by atoms with Crippen LogP contribution in [0.4, 0.5) is 0 Å². The molecule has 100 valence electrons. The Kier molecular flexibility index (Phi) is 8.06. The molecule has 1 N–H and O–H groups in total. The molecule has 1 amide bonds. The molecule has 0 aliphatic carbocycles. The second-order valence-electron chi connectivity index (χ2n) is 5.00. The highest BCUT2D eigenvalue weighted by molar-refractivity contribution is 5.76. The summed E-state index contributed by atoms with van der Waals surface area (Å²) in [6.07, 6.45) is 9.41. The summed E-state index contributed by atoms with van der Waals surface area (Å²) in [6, 6.07) is 0. The first-order valence-electron chi connectivity index (χ1n) is 7.33. The van der Waals surface area contributed by atoms with Gasteiger partial charge in [0.15, 0.2) is 0 Å². The maximum atomic E-state index is 11.9. The Morgan fingerprint density at radius 1 is 1.06 bits per heavy atom. The molecule has 0 aromatic rings. The maximum absolute atomic E-state index is 11.9. The van der Waals surface area contributed by atoms with Gasteiger partial charge in [-0.05, 0) is 19.4 Å². The van der Waals surface area contributed by atoms with Crippen LogP contribution in [0.15, 0.2) is 0 Å². The van der Waals surface area contributed by atoms with Crippen molar-refractivity contribution < 1.29 is 4.79 Å². The average Bonchev–Trinajstić information content (AvgIpc) is 2.62. The number of hydrogen-bond acceptors (Lipinski definition) is 2. The van der Waals surface area contributed by atoms with Crippen molar-refractivity contribution in [1.82, 2.24) is 10.2 Å². The SMILES string of the molecule is CCCCCCCCC(=O)N1CCCNCC1. The number of amides is 1. The summed E-state index contributed by atoms with van der Waals surface area (Å²) in [5.74, 6) is 0.365. The number of carbonyl (C=O) groups excluding carboxylic acids is 1. The summed E-state index contributed by atoms with van der Waals surface area (Å²) >= 11 is 0. The van der Waals surface area contributed by atoms with E-state index < -0.39 is 0 Å². The highest BCUT2D eigenvalue weighted by Gasteiger charge is 2.14. The van der Waals surface area contributed by atoms with Crippen molar-refractivity contribution in [2.24, 2.45) is 0 Å². The van der Waals surface area contributed by atoms with Crippen molar-refractivity contribution in [2.45, 2.75) is 58.3 Å². The van der Waals surface area contributed by atoms with Gasteiger partial charge in [-0.15, -0.1) is 0 Å². The molecule has 1 aliphatic rings. The van der Waals surface area contributed by atoms with Crippen LogP contribution in [0.25, 0.3) is 0 Å². The second-order valence-corrected chi connectivity index (χ2v) is 5.00. The molecule has 0 atom stereocenters. The number of nitrogens with one attached hydrogen (secondary N) is 1. The van der Waals surface area contributed by atoms with Gasteiger partial charge >= 0.3 is 0 Å². The van der Waals surface area contributed by atoms with Gasteiger partial charge in [-0.1, -0.05) is 39.0 Å². The minimum atomic E-state index is 0.365. The van der Waals surface area contributed by atoms with Crippen LogP contribution in [-0.4, -0.2) is 37.0 Å². The molecule has 0 radical (unpaired) electrons. The normalized spacial score (nSPS) is 16.9. The molecule has 0 bridgehead atoms. The van der Waals surface area contributed by atoms with Crippen LogP contribution in [-0.2, 0) is 4.79 Å². The minimum Gasteiger partial charge on any atom is -0.341 e. The Morgan fingerprint density at radius 3 is 2.65 bits per heavy atom. The molecule has 3 heteroatoms. The van der Waals surface area contributed by atoms with Gasteiger partial charge < -0.3 is 10.2 Å². The summed E-state index contributed by atoms with van der Waals surface area (Å²) in [4.78, 5) is 14.0. The van der Waals surface area contributed by atoms with Crippen molar-refractivity contribution in [1.29, 1.82) is 0 Å². The molecule has 0 saturated carbocycles. The van der Waals surface area contributed by atoms with E-state index in [1.807, 2.05) is 4.90 Å². The Balaban J connectivity index is 2.03. The zero-order chi connectivity index (χ0) is 12.3. The molecule has 1 rings (SSSR count). The predicted octanol–water partition coefficient (Wildman–Crippen LogP) is 2.56. The fraction of sp³-hybridized carbons (Fsp3) is 0.929. The first-order valence-corrected chi connectivity index (χ1v) is 7.33. The predicted molar refractivity (Wildman–Crippen MR) is 72.1 cm³/mol. The molecule has 1 saturated heterocycles. The Bertz CT molecular complexity index is 198. The van der Waals surface area contributed by atoms with Crippen LogP contribution in [0, 0.1) is 0 Å². The molecule has 1 fully saturated rings. The van der Waals surface area contributed by atoms with Crippen LogP contribution in [0.3, 0.4) is 0 Å². The molecule has 1 aliphatic heterocycles. The highest BCUT2D eigenvalue weighted by Crippen LogP contribution is 2.09. The molecule has 1 heterocycles. The van der Waals surface area contributed by atoms with Gasteiger partial charge in [-0.25, -0.2) is 0 Å². The van der Waals surface area contributed by atoms with Crippen LogP contribution in [0.1, 0.15) is 58.3 Å². The summed E-state index contributed by atoms with van der Waals surface area (Å²) in [7, 11) is 0. The number of unbranched alkanes of at least 4 members (excludes halogenated alkanes) is 5. The summed E-state index contributed by atoms with van der Waals surface area (Å²) in [5.41, 5.74) is 0. The highest BCUT2D eigenvalue weighted by atomic mass is 16.2. The standard InChI is InChI=1S/C14H28N2O/c1-2-3-4-5-6-7-9-14(17)16-12-8-10-15-11-13-16/h15H,2-13H2,1H3. The first-order chi connectivity index (χ1) is 8.34. The quantitative estimate of drug-likeness (QED) is 0.694. The van der Waals surface area contributed by atoms with Crippen LogP contribution in [0.2, 0.25) is 0 Å². The zero-order valence-electron chi connectivity index (χ0n) is 11.3. The van der Waals surface area contributed by atoms with E-state index in [-0.39, 0.29) is 0 Å². The van der Waals surface area contributed by atoms with Crippen molar-refractivity contribution in [3.8, 4) is 0 Å². The lowest BCUT2D eigenvalue weighted by Gasteiger charge is -2.19. The van der Waals surface area contributed by atoms with Gasteiger partial charge in [0.25, 0.3) is 0 Å². The largest absolute Gasteiger partial charge is 0.341 e. The van der Waals surface area contributed by atoms with Crippen molar-refractivity contribution >= 4 is 5.91 Å². The third-order valence-corrected chi connectivity index (χ3v) is 3.44. The van der Waals surface area contributed by atoms with E-state index in [2.05, 4.69) is 12.2 Å². The van der Waals surface area contributed by atoms with Gasteiger partial charge in [0.2, 0.25) is 5.91 Å². The molecule has 0 unspecified atom stereocenters. The van der Waals surface area contributed by atoms with Crippen LogP contribution in [0.5, 0.6) is 0 Å². The van der Waals surface area contributed by atoms with E-state index in [0.29, 0.717) is 5.91 Å². The van der Waals surface area contributed by atoms with E-state index in [4.69, 9.17) is 0 Å². The molecule has 0 aromatic heterocycles. The van der Waals surface area contributed by atoms with Crippen molar-refractivity contribution in [3.63, 3.8) is 0 Å². The van der Waals surface area contributed by atoms with Crippen molar-refractivity contribution in [2.75, 3.05) is 26.2 Å². The topological polar surface area (TPSA) is 32.3 Å². The third kappa shape index (κ3) is 6.67. The fourth-order valence-electron chi connectivity index (χ4n) is 2.31. The monoisotopic (exact) mass is 240 g/mol. The fourth-order valence-corrected chi connectivity index (χ4v) is 2.31. The van der Waals surface area contributed by atoms with Gasteiger partial charge in [0.05, 0.1) is 0 Å². The third-order valence-electron chi connectivity index (χ3n) is 3.44. The maximum Gasteiger partial charge on any atom is 0.222 e. The van der Waals surface area contributed by atoms with Crippen LogP contribution < -0.4 is 5.32 Å². The lowest BCUT2D eigenvalue weighted by molar-refractivity contribution is -0.131. The van der Waals surface area contributed by atoms with E-state index in [1.165, 1.54) is 32.1 Å². The van der Waals surface area contributed by atoms with Gasteiger partial charge in [0.1, 0.15) is 0 Å². The van der Waals surface area contributed by atoms with E-state index in [1.54, 1.807) is 0 Å². The van der Waals surface area contributed by atoms with E-state index in [0.717, 1.165) is 45.4 Å². The minimum absolute atomic E-state index is 0.365. The molecule has 3 nitrogen and oxygen atoms in total. The zero-order valence-corrected chi connectivity index (χ0v) is 11.3. The molecular weight excluding hydrogens is 212 g/mol. The number of rotatable bonds is 7. The second kappa shape index (κ2) is 9.46. The number of nitrogens with zero attached hydrogens (tertiary/aromatic N) is 1. The lowest BCUT2D eigenvalue weighted by Crippen LogP contribution is -2.33. The van der Waals surface area contributed by atoms with Gasteiger partial charge in [-0.3, -0.25) is 4.79 Å². The lowest BCUT2D eigenvalue weighted by atomic mass is 10.1. The Hall–Kier alpha value is -0.570. The molecule has 0 aromatic carbocycles. The smallest absolute Gasteiger partial charge is 0.222 e. The van der Waals surface area contributed by atoms with Crippen molar-refractivity contribution in [3.05, 3.63) is 0 Å². The number of hydrogen-bond donors (Lipinski definition) is 1. The average molecular weight is 240 g/mol. The van der Waals surface area contributed by atoms with Gasteiger partial charge in [-0.2, -0.15) is 0 Å². The molecule has 0 spiro atoms. The Labute approximate surface area is 106 Å². The molecule has 17 heavy (non-hydrogen) atoms. The Morgan fingerprint density at radius 2 is 1.82 bits per heavy atom. The summed E-state index contributed by atoms with van der Waals surface area (Å²) < 4.78 is 0. The summed E-state index contributed by atoms with van der Waals surface area (Å²) in [6.45, 7) is 6.09. The van der Waals surface area contributed by atoms with E-state index in [9.17, 15) is 4.79 Å². The van der Waals surface area contributed by atoms with Gasteiger partial charge in [0, 0.05) is 26.1 Å². The van der Waals surface area contributed by atoms with E-state index >= 15 is 0 Å². The first kappa shape index (κ1) is 14.5. The number of carbonyl (C=O) groups is 1. The summed E-state index contributed by atoms with van der Waals surface area (Å²) in [5, 5.41) is 3.33. The molecular formula is C14H28N2O. The van der Waals surface area contributed by atoms with Crippen LogP contribution >= 0.6 is 0 Å².